The molecule has 23 heavy (non-hydrogen) atoms. The van der Waals surface area contributed by atoms with Crippen molar-refractivity contribution in [1.82, 2.24) is 10.9 Å². The zero-order valence-electron chi connectivity index (χ0n) is 14.1. The molecule has 0 atom stereocenters. The number of hydrogen-bond donors (Lipinski definition) is 2. The van der Waals surface area contributed by atoms with E-state index in [2.05, 4.69) is 54.2 Å². The zero-order valence-corrected chi connectivity index (χ0v) is 14.1. The first kappa shape index (κ1) is 15.8. The molecule has 0 saturated carbocycles. The summed E-state index contributed by atoms with van der Waals surface area (Å²) in [4.78, 5) is 12.1. The van der Waals surface area contributed by atoms with Crippen LogP contribution in [0.2, 0.25) is 0 Å². The molecule has 2 N–H and O–H groups in total. The predicted molar refractivity (Wildman–Crippen MR) is 95.9 cm³/mol. The summed E-state index contributed by atoms with van der Waals surface area (Å²) in [5.74, 6) is -0.0471. The van der Waals surface area contributed by atoms with E-state index in [1.165, 1.54) is 29.2 Å². The van der Waals surface area contributed by atoms with E-state index in [1.54, 1.807) is 0 Å². The number of carbonyl (C=O) groups excluding carboxylic acids is 1. The van der Waals surface area contributed by atoms with Crippen LogP contribution >= 0.6 is 0 Å². The number of benzene rings is 2. The molecule has 1 fully saturated rings. The van der Waals surface area contributed by atoms with Crippen molar-refractivity contribution in [2.24, 2.45) is 0 Å². The second-order valence-corrected chi connectivity index (χ2v) is 6.73. The van der Waals surface area contributed by atoms with Gasteiger partial charge in [-0.3, -0.25) is 10.2 Å². The molecule has 1 saturated heterocycles. The van der Waals surface area contributed by atoms with Crippen LogP contribution in [-0.2, 0) is 11.2 Å². The minimum atomic E-state index is -0.362. The van der Waals surface area contributed by atoms with Gasteiger partial charge in [-0.15, -0.1) is 0 Å². The molecule has 120 valence electrons. The van der Waals surface area contributed by atoms with E-state index in [-0.39, 0.29) is 11.4 Å². The Labute approximate surface area is 137 Å². The highest BCUT2D eigenvalue weighted by molar-refractivity contribution is 6.04. The Morgan fingerprint density at radius 3 is 2.52 bits per heavy atom. The fourth-order valence-electron chi connectivity index (χ4n) is 3.14. The highest BCUT2D eigenvalue weighted by Gasteiger charge is 2.34. The molecule has 0 unspecified atom stereocenters. The molecule has 1 aliphatic rings. The third-order valence-corrected chi connectivity index (χ3v) is 4.55. The standard InChI is InChI=1S/C20H24N2O/c1-4-5-8-14-9-6-12-17-15(10-7-11-16(14)17)13-18-19(23)21-22-20(18,2)3/h6-7,9-13,22H,4-5,8H2,1-3H3,(H,21,23)/b18-13+. The van der Waals surface area contributed by atoms with Gasteiger partial charge in [0.05, 0.1) is 5.54 Å². The molecule has 0 bridgehead atoms. The van der Waals surface area contributed by atoms with Crippen molar-refractivity contribution in [3.05, 3.63) is 53.1 Å². The third kappa shape index (κ3) is 3.02. The lowest BCUT2D eigenvalue weighted by atomic mass is 9.91. The van der Waals surface area contributed by atoms with Gasteiger partial charge < -0.3 is 0 Å². The van der Waals surface area contributed by atoms with Crippen LogP contribution in [0.1, 0.15) is 44.7 Å². The van der Waals surface area contributed by atoms with Crippen LogP contribution in [0.5, 0.6) is 0 Å². The van der Waals surface area contributed by atoms with Crippen LogP contribution in [0.4, 0.5) is 0 Å². The van der Waals surface area contributed by atoms with E-state index in [9.17, 15) is 4.79 Å². The second-order valence-electron chi connectivity index (χ2n) is 6.73. The number of rotatable bonds is 4. The predicted octanol–water partition coefficient (Wildman–Crippen LogP) is 3.98. The van der Waals surface area contributed by atoms with Crippen LogP contribution in [0.25, 0.3) is 16.8 Å². The van der Waals surface area contributed by atoms with Gasteiger partial charge in [0.1, 0.15) is 0 Å². The van der Waals surface area contributed by atoms with Crippen LogP contribution in [-0.4, -0.2) is 11.4 Å². The van der Waals surface area contributed by atoms with E-state index in [1.807, 2.05) is 19.9 Å². The van der Waals surface area contributed by atoms with Gasteiger partial charge in [0.25, 0.3) is 5.91 Å². The quantitative estimate of drug-likeness (QED) is 0.839. The van der Waals surface area contributed by atoms with Crippen LogP contribution in [0.15, 0.2) is 42.0 Å². The SMILES string of the molecule is CCCCc1cccc2c(/C=C3\C(=O)NNC3(C)C)cccc12. The van der Waals surface area contributed by atoms with E-state index < -0.39 is 0 Å². The fourth-order valence-corrected chi connectivity index (χ4v) is 3.14. The van der Waals surface area contributed by atoms with Crippen LogP contribution in [0.3, 0.4) is 0 Å². The number of hydrazine groups is 1. The molecule has 2 aromatic rings. The van der Waals surface area contributed by atoms with Crippen LogP contribution < -0.4 is 10.9 Å². The van der Waals surface area contributed by atoms with Crippen LogP contribution in [0, 0.1) is 0 Å². The summed E-state index contributed by atoms with van der Waals surface area (Å²) in [6.07, 6.45) is 5.51. The van der Waals surface area contributed by atoms with Gasteiger partial charge in [-0.1, -0.05) is 49.7 Å². The number of hydrogen-bond acceptors (Lipinski definition) is 2. The fraction of sp³-hybridized carbons (Fsp3) is 0.350. The summed E-state index contributed by atoms with van der Waals surface area (Å²) in [6, 6.07) is 12.8. The van der Waals surface area contributed by atoms with Crippen molar-refractivity contribution in [2.75, 3.05) is 0 Å². The summed E-state index contributed by atoms with van der Waals surface area (Å²) in [5, 5.41) is 2.50. The smallest absolute Gasteiger partial charge is 0.263 e. The summed E-state index contributed by atoms with van der Waals surface area (Å²) in [6.45, 7) is 6.23. The van der Waals surface area contributed by atoms with Gasteiger partial charge in [-0.2, -0.15) is 0 Å². The zero-order chi connectivity index (χ0) is 16.4. The molecule has 2 aromatic carbocycles. The van der Waals surface area contributed by atoms with Crippen molar-refractivity contribution in [2.45, 2.75) is 45.6 Å². The van der Waals surface area contributed by atoms with Gasteiger partial charge in [0, 0.05) is 5.57 Å². The molecule has 0 aromatic heterocycles. The van der Waals surface area contributed by atoms with Gasteiger partial charge in [-0.05, 0) is 54.7 Å². The first-order chi connectivity index (χ1) is 11.0. The Bertz CT molecular complexity index is 774. The summed E-state index contributed by atoms with van der Waals surface area (Å²) < 4.78 is 0. The Kier molecular flexibility index (Phi) is 4.22. The molecule has 3 nitrogen and oxygen atoms in total. The highest BCUT2D eigenvalue weighted by atomic mass is 16.2. The number of fused-ring (bicyclic) bond motifs is 1. The topological polar surface area (TPSA) is 41.1 Å². The first-order valence-corrected chi connectivity index (χ1v) is 8.33. The van der Waals surface area contributed by atoms with Gasteiger partial charge >= 0.3 is 0 Å². The van der Waals surface area contributed by atoms with Crippen molar-refractivity contribution in [1.29, 1.82) is 0 Å². The molecule has 3 heteroatoms. The van der Waals surface area contributed by atoms with Gasteiger partial charge in [0.15, 0.2) is 0 Å². The molecule has 0 spiro atoms. The Balaban J connectivity index is 2.10. The largest absolute Gasteiger partial charge is 0.287 e. The molecule has 3 rings (SSSR count). The summed E-state index contributed by atoms with van der Waals surface area (Å²) >= 11 is 0. The molecule has 1 amide bonds. The maximum absolute atomic E-state index is 12.1. The lowest BCUT2D eigenvalue weighted by molar-refractivity contribution is -0.116. The number of carbonyl (C=O) groups is 1. The Morgan fingerprint density at radius 1 is 1.09 bits per heavy atom. The maximum atomic E-state index is 12.1. The number of unbranched alkanes of at least 4 members (excludes halogenated alkanes) is 1. The Morgan fingerprint density at radius 2 is 1.83 bits per heavy atom. The monoisotopic (exact) mass is 308 g/mol. The van der Waals surface area contributed by atoms with E-state index in [4.69, 9.17) is 0 Å². The molecule has 1 heterocycles. The van der Waals surface area contributed by atoms with E-state index in [0.29, 0.717) is 0 Å². The number of aryl methyl sites for hydroxylation is 1. The summed E-state index contributed by atoms with van der Waals surface area (Å²) in [5.41, 5.74) is 8.64. The molecular formula is C20H24N2O. The minimum absolute atomic E-state index is 0.0471. The second kappa shape index (κ2) is 6.17. The molecule has 0 aliphatic carbocycles. The number of nitrogens with one attached hydrogen (secondary N) is 2. The maximum Gasteiger partial charge on any atom is 0.263 e. The third-order valence-electron chi connectivity index (χ3n) is 4.55. The Hall–Kier alpha value is -2.13. The minimum Gasteiger partial charge on any atom is -0.287 e. The van der Waals surface area contributed by atoms with Crippen molar-refractivity contribution in [3.63, 3.8) is 0 Å². The number of amides is 1. The summed E-state index contributed by atoms with van der Waals surface area (Å²) in [7, 11) is 0. The van der Waals surface area contributed by atoms with Gasteiger partial charge in [0.2, 0.25) is 0 Å². The van der Waals surface area contributed by atoms with Gasteiger partial charge in [-0.25, -0.2) is 5.43 Å². The lowest BCUT2D eigenvalue weighted by Gasteiger charge is -2.17. The lowest BCUT2D eigenvalue weighted by Crippen LogP contribution is -2.38. The first-order valence-electron chi connectivity index (χ1n) is 8.33. The van der Waals surface area contributed by atoms with Crippen molar-refractivity contribution in [3.8, 4) is 0 Å². The van der Waals surface area contributed by atoms with E-state index in [0.717, 1.165) is 17.6 Å². The highest BCUT2D eigenvalue weighted by Crippen LogP contribution is 2.28. The molecule has 1 aliphatic heterocycles. The average molecular weight is 308 g/mol. The van der Waals surface area contributed by atoms with Crippen molar-refractivity contribution >= 4 is 22.8 Å². The van der Waals surface area contributed by atoms with Crippen molar-refractivity contribution < 1.29 is 4.79 Å². The molecule has 0 radical (unpaired) electrons. The average Bonchev–Trinajstić information content (AvgIpc) is 2.80. The normalized spacial score (nSPS) is 18.6. The molecular weight excluding hydrogens is 284 g/mol. The van der Waals surface area contributed by atoms with E-state index >= 15 is 0 Å².